The zero-order valence-corrected chi connectivity index (χ0v) is 15.4. The Labute approximate surface area is 162 Å². The zero-order chi connectivity index (χ0) is 19.3. The van der Waals surface area contributed by atoms with Gasteiger partial charge in [-0.3, -0.25) is 9.78 Å². The second kappa shape index (κ2) is 7.88. The third-order valence-electron chi connectivity index (χ3n) is 4.45. The molecule has 0 aliphatic heterocycles. The van der Waals surface area contributed by atoms with Crippen molar-refractivity contribution in [3.05, 3.63) is 84.6 Å². The second-order valence-electron chi connectivity index (χ2n) is 6.43. The summed E-state index contributed by atoms with van der Waals surface area (Å²) in [5.74, 6) is 0.321. The molecule has 1 atom stereocenters. The van der Waals surface area contributed by atoms with Gasteiger partial charge in [-0.1, -0.05) is 54.6 Å². The number of benzene rings is 3. The van der Waals surface area contributed by atoms with Crippen LogP contribution in [0.1, 0.15) is 12.5 Å². The first-order chi connectivity index (χ1) is 13.7. The summed E-state index contributed by atoms with van der Waals surface area (Å²) in [6, 6.07) is 23.4. The summed E-state index contributed by atoms with van der Waals surface area (Å²) in [4.78, 5) is 16.7. The van der Waals surface area contributed by atoms with Gasteiger partial charge in [0.2, 0.25) is 0 Å². The maximum absolute atomic E-state index is 12.3. The number of carbonyl (C=O) groups is 1. The van der Waals surface area contributed by atoms with Crippen LogP contribution in [0.5, 0.6) is 5.75 Å². The van der Waals surface area contributed by atoms with E-state index in [0.29, 0.717) is 5.75 Å². The van der Waals surface area contributed by atoms with Crippen molar-refractivity contribution in [3.8, 4) is 5.75 Å². The molecule has 5 nitrogen and oxygen atoms in total. The van der Waals surface area contributed by atoms with E-state index in [-0.39, 0.29) is 5.91 Å². The van der Waals surface area contributed by atoms with Gasteiger partial charge >= 0.3 is 0 Å². The van der Waals surface area contributed by atoms with Crippen molar-refractivity contribution < 1.29 is 9.53 Å². The Morgan fingerprint density at radius 3 is 2.68 bits per heavy atom. The van der Waals surface area contributed by atoms with Crippen LogP contribution in [0.3, 0.4) is 0 Å². The van der Waals surface area contributed by atoms with Gasteiger partial charge in [0.15, 0.2) is 6.10 Å². The first kappa shape index (κ1) is 17.7. The lowest BCUT2D eigenvalue weighted by molar-refractivity contribution is -0.127. The number of nitrogens with zero attached hydrogens (tertiary/aromatic N) is 2. The summed E-state index contributed by atoms with van der Waals surface area (Å²) in [6.45, 7) is 1.69. The molecule has 3 aromatic carbocycles. The van der Waals surface area contributed by atoms with Gasteiger partial charge in [-0.05, 0) is 35.9 Å². The zero-order valence-electron chi connectivity index (χ0n) is 15.4. The van der Waals surface area contributed by atoms with E-state index in [2.05, 4.69) is 15.5 Å². The number of hydrazone groups is 1. The largest absolute Gasteiger partial charge is 0.481 e. The third-order valence-corrected chi connectivity index (χ3v) is 4.45. The first-order valence-corrected chi connectivity index (χ1v) is 9.03. The number of nitrogens with one attached hydrogen (secondary N) is 1. The molecule has 0 aliphatic rings. The van der Waals surface area contributed by atoms with Gasteiger partial charge in [-0.15, -0.1) is 0 Å². The molecule has 4 rings (SSSR count). The molecule has 1 unspecified atom stereocenters. The fraction of sp³-hybridized carbons (Fsp3) is 0.0870. The van der Waals surface area contributed by atoms with Gasteiger partial charge in [0.1, 0.15) is 5.75 Å². The fourth-order valence-corrected chi connectivity index (χ4v) is 2.99. The molecule has 0 spiro atoms. The number of hydrogen-bond donors (Lipinski definition) is 1. The Bertz CT molecular complexity index is 1170. The maximum atomic E-state index is 12.3. The Balaban J connectivity index is 1.41. The van der Waals surface area contributed by atoms with E-state index in [1.165, 1.54) is 0 Å². The van der Waals surface area contributed by atoms with E-state index in [9.17, 15) is 4.79 Å². The van der Waals surface area contributed by atoms with Gasteiger partial charge in [-0.25, -0.2) is 5.43 Å². The maximum Gasteiger partial charge on any atom is 0.280 e. The van der Waals surface area contributed by atoms with Crippen molar-refractivity contribution in [2.24, 2.45) is 5.10 Å². The molecule has 1 amide bonds. The van der Waals surface area contributed by atoms with Crippen LogP contribution in [0.2, 0.25) is 0 Å². The lowest BCUT2D eigenvalue weighted by Crippen LogP contribution is -2.33. The van der Waals surface area contributed by atoms with Crippen LogP contribution in [0, 0.1) is 0 Å². The summed E-state index contributed by atoms with van der Waals surface area (Å²) in [5, 5.41) is 7.27. The average molecular weight is 369 g/mol. The van der Waals surface area contributed by atoms with Gasteiger partial charge in [-0.2, -0.15) is 5.10 Å². The topological polar surface area (TPSA) is 63.6 Å². The normalized spacial score (nSPS) is 12.3. The van der Waals surface area contributed by atoms with Gasteiger partial charge < -0.3 is 4.74 Å². The fourth-order valence-electron chi connectivity index (χ4n) is 2.99. The highest BCUT2D eigenvalue weighted by Gasteiger charge is 2.14. The minimum atomic E-state index is -0.677. The van der Waals surface area contributed by atoms with Crippen molar-refractivity contribution in [3.63, 3.8) is 0 Å². The molecule has 5 heteroatoms. The monoisotopic (exact) mass is 369 g/mol. The third kappa shape index (κ3) is 3.83. The molecule has 0 aliphatic carbocycles. The SMILES string of the molecule is CC(Oc1ccc2ccccc2c1)C(=O)N/N=C/c1cccc2cccnc12. The second-order valence-corrected chi connectivity index (χ2v) is 6.43. The highest BCUT2D eigenvalue weighted by atomic mass is 16.5. The van der Waals surface area contributed by atoms with E-state index >= 15 is 0 Å². The number of pyridine rings is 1. The van der Waals surface area contributed by atoms with Crippen LogP contribution in [0.15, 0.2) is 84.1 Å². The quantitative estimate of drug-likeness (QED) is 0.421. The average Bonchev–Trinajstić information content (AvgIpc) is 2.73. The Morgan fingerprint density at radius 1 is 1.00 bits per heavy atom. The molecule has 0 fully saturated rings. The molecule has 0 radical (unpaired) electrons. The number of ether oxygens (including phenoxy) is 1. The standard InChI is InChI=1S/C23H19N3O2/c1-16(28-21-12-11-17-6-2-3-7-19(17)14-21)23(27)26-25-15-20-9-4-8-18-10-5-13-24-22(18)20/h2-16H,1H3,(H,26,27)/b25-15+. The van der Waals surface area contributed by atoms with Crippen LogP contribution in [0.4, 0.5) is 0 Å². The lowest BCUT2D eigenvalue weighted by atomic mass is 10.1. The van der Waals surface area contributed by atoms with Crippen LogP contribution in [-0.4, -0.2) is 23.2 Å². The van der Waals surface area contributed by atoms with Crippen LogP contribution in [0.25, 0.3) is 21.7 Å². The van der Waals surface area contributed by atoms with Crippen molar-refractivity contribution in [1.82, 2.24) is 10.4 Å². The van der Waals surface area contributed by atoms with Crippen molar-refractivity contribution >= 4 is 33.8 Å². The number of para-hydroxylation sites is 1. The number of rotatable bonds is 5. The first-order valence-electron chi connectivity index (χ1n) is 9.03. The van der Waals surface area contributed by atoms with Gasteiger partial charge in [0, 0.05) is 17.1 Å². The molecule has 1 N–H and O–H groups in total. The molecule has 1 heterocycles. The Hall–Kier alpha value is -3.73. The predicted octanol–water partition coefficient (Wildman–Crippen LogP) is 4.31. The van der Waals surface area contributed by atoms with Gasteiger partial charge in [0.25, 0.3) is 5.91 Å². The minimum absolute atomic E-state index is 0.322. The molecular weight excluding hydrogens is 350 g/mol. The molecule has 0 saturated heterocycles. The van der Waals surface area contributed by atoms with Crippen LogP contribution >= 0.6 is 0 Å². The summed E-state index contributed by atoms with van der Waals surface area (Å²) in [7, 11) is 0. The number of hydrogen-bond acceptors (Lipinski definition) is 4. The molecule has 4 aromatic rings. The van der Waals surface area contributed by atoms with Crippen molar-refractivity contribution in [2.75, 3.05) is 0 Å². The van der Waals surface area contributed by atoms with Crippen LogP contribution < -0.4 is 10.2 Å². The van der Waals surface area contributed by atoms with E-state index in [1.807, 2.05) is 72.8 Å². The van der Waals surface area contributed by atoms with Crippen molar-refractivity contribution in [2.45, 2.75) is 13.0 Å². The highest BCUT2D eigenvalue weighted by Crippen LogP contribution is 2.21. The molecular formula is C23H19N3O2. The van der Waals surface area contributed by atoms with E-state index in [0.717, 1.165) is 27.2 Å². The Morgan fingerprint density at radius 2 is 1.79 bits per heavy atom. The number of fused-ring (bicyclic) bond motifs is 2. The van der Waals surface area contributed by atoms with Crippen LogP contribution in [-0.2, 0) is 4.79 Å². The molecule has 138 valence electrons. The smallest absolute Gasteiger partial charge is 0.280 e. The van der Waals surface area contributed by atoms with E-state index < -0.39 is 6.10 Å². The molecule has 0 saturated carbocycles. The summed E-state index contributed by atoms with van der Waals surface area (Å²) in [5.41, 5.74) is 4.20. The molecule has 28 heavy (non-hydrogen) atoms. The summed E-state index contributed by atoms with van der Waals surface area (Å²) < 4.78 is 5.76. The van der Waals surface area contributed by atoms with Gasteiger partial charge in [0.05, 0.1) is 11.7 Å². The van der Waals surface area contributed by atoms with E-state index in [1.54, 1.807) is 19.3 Å². The molecule has 1 aromatic heterocycles. The predicted molar refractivity (Wildman–Crippen MR) is 112 cm³/mol. The number of amides is 1. The number of carbonyl (C=O) groups excluding carboxylic acids is 1. The lowest BCUT2D eigenvalue weighted by Gasteiger charge is -2.13. The summed E-state index contributed by atoms with van der Waals surface area (Å²) >= 11 is 0. The summed E-state index contributed by atoms with van der Waals surface area (Å²) in [6.07, 6.45) is 2.65. The van der Waals surface area contributed by atoms with Crippen molar-refractivity contribution in [1.29, 1.82) is 0 Å². The Kier molecular flexibility index (Phi) is 4.97. The number of aromatic nitrogens is 1. The minimum Gasteiger partial charge on any atom is -0.481 e. The highest BCUT2D eigenvalue weighted by molar-refractivity contribution is 5.97. The molecule has 0 bridgehead atoms. The van der Waals surface area contributed by atoms with E-state index in [4.69, 9.17) is 4.74 Å².